The summed E-state index contributed by atoms with van der Waals surface area (Å²) in [4.78, 5) is 35.8. The molecular weight excluding hydrogens is 262 g/mol. The van der Waals surface area contributed by atoms with Crippen LogP contribution in [0.2, 0.25) is 0 Å². The van der Waals surface area contributed by atoms with E-state index < -0.39 is 23.4 Å². The average Bonchev–Trinajstić information content (AvgIpc) is 2.30. The number of rotatable bonds is 7. The summed E-state index contributed by atoms with van der Waals surface area (Å²) in [7, 11) is 0. The molecule has 1 amide bonds. The van der Waals surface area contributed by atoms with Crippen LogP contribution in [0, 0.1) is 11.3 Å². The van der Waals surface area contributed by atoms with Crippen LogP contribution in [-0.2, 0) is 14.4 Å². The van der Waals surface area contributed by atoms with Gasteiger partial charge in [-0.3, -0.25) is 9.59 Å². The molecule has 0 heterocycles. The number of hydrogen-bond acceptors (Lipinski definition) is 3. The van der Waals surface area contributed by atoms with Gasteiger partial charge in [0.15, 0.2) is 0 Å². The SMILES string of the molecule is CCC(C)C(C(=O)O)N(CCC(=O)O)C(=O)C(C)(C)C. The summed E-state index contributed by atoms with van der Waals surface area (Å²) >= 11 is 0. The van der Waals surface area contributed by atoms with E-state index in [4.69, 9.17) is 5.11 Å². The van der Waals surface area contributed by atoms with E-state index >= 15 is 0 Å². The molecule has 0 aliphatic heterocycles. The first-order valence-corrected chi connectivity index (χ1v) is 6.78. The Morgan fingerprint density at radius 2 is 1.65 bits per heavy atom. The molecule has 0 aromatic rings. The van der Waals surface area contributed by atoms with Gasteiger partial charge in [0, 0.05) is 12.0 Å². The normalized spacial score (nSPS) is 14.4. The van der Waals surface area contributed by atoms with Crippen molar-refractivity contribution in [1.29, 1.82) is 0 Å². The summed E-state index contributed by atoms with van der Waals surface area (Å²) < 4.78 is 0. The number of aliphatic carboxylic acids is 2. The van der Waals surface area contributed by atoms with Gasteiger partial charge in [-0.25, -0.2) is 4.79 Å². The average molecular weight is 287 g/mol. The molecule has 6 heteroatoms. The molecule has 0 bridgehead atoms. The summed E-state index contributed by atoms with van der Waals surface area (Å²) in [5, 5.41) is 18.2. The smallest absolute Gasteiger partial charge is 0.326 e. The standard InChI is InChI=1S/C14H25NO5/c1-6-9(2)11(12(18)19)15(8-7-10(16)17)13(20)14(3,4)5/h9,11H,6-8H2,1-5H3,(H,16,17)(H,18,19). The van der Waals surface area contributed by atoms with Gasteiger partial charge in [-0.1, -0.05) is 41.0 Å². The Labute approximate surface area is 119 Å². The van der Waals surface area contributed by atoms with E-state index in [1.165, 1.54) is 4.90 Å². The molecule has 0 rings (SSSR count). The highest BCUT2D eigenvalue weighted by Crippen LogP contribution is 2.23. The number of hydrogen-bond donors (Lipinski definition) is 2. The van der Waals surface area contributed by atoms with E-state index in [-0.39, 0.29) is 24.8 Å². The van der Waals surface area contributed by atoms with Gasteiger partial charge in [0.05, 0.1) is 6.42 Å². The second-order valence-corrected chi connectivity index (χ2v) is 6.06. The zero-order chi connectivity index (χ0) is 16.1. The Kier molecular flexibility index (Phi) is 6.68. The fraction of sp³-hybridized carbons (Fsp3) is 0.786. The third-order valence-corrected chi connectivity index (χ3v) is 3.24. The molecule has 20 heavy (non-hydrogen) atoms. The molecule has 0 saturated heterocycles. The van der Waals surface area contributed by atoms with Crippen LogP contribution < -0.4 is 0 Å². The van der Waals surface area contributed by atoms with Crippen molar-refractivity contribution in [2.24, 2.45) is 11.3 Å². The molecule has 0 aromatic heterocycles. The van der Waals surface area contributed by atoms with Gasteiger partial charge in [0.25, 0.3) is 0 Å². The number of amides is 1. The van der Waals surface area contributed by atoms with Crippen molar-refractivity contribution < 1.29 is 24.6 Å². The van der Waals surface area contributed by atoms with Gasteiger partial charge in [-0.2, -0.15) is 0 Å². The predicted octanol–water partition coefficient (Wildman–Crippen LogP) is 1.84. The molecule has 0 fully saturated rings. The van der Waals surface area contributed by atoms with Crippen LogP contribution in [0.3, 0.4) is 0 Å². The molecule has 0 aliphatic rings. The van der Waals surface area contributed by atoms with Crippen molar-refractivity contribution >= 4 is 17.8 Å². The van der Waals surface area contributed by atoms with Crippen LogP contribution in [-0.4, -0.2) is 45.5 Å². The predicted molar refractivity (Wildman–Crippen MR) is 74.3 cm³/mol. The molecule has 0 spiro atoms. The van der Waals surface area contributed by atoms with Crippen LogP contribution in [0.25, 0.3) is 0 Å². The van der Waals surface area contributed by atoms with E-state index in [1.54, 1.807) is 27.7 Å². The third kappa shape index (κ3) is 5.19. The minimum atomic E-state index is -1.10. The summed E-state index contributed by atoms with van der Waals surface area (Å²) in [5.74, 6) is -2.73. The van der Waals surface area contributed by atoms with Gasteiger partial charge in [0.2, 0.25) is 5.91 Å². The second kappa shape index (κ2) is 7.26. The molecule has 2 unspecified atom stereocenters. The largest absolute Gasteiger partial charge is 0.481 e. The molecule has 0 aliphatic carbocycles. The molecular formula is C14H25NO5. The number of carboxylic acids is 2. The van der Waals surface area contributed by atoms with Crippen molar-refractivity contribution in [2.75, 3.05) is 6.54 Å². The highest BCUT2D eigenvalue weighted by Gasteiger charge is 2.38. The molecule has 2 N–H and O–H groups in total. The lowest BCUT2D eigenvalue weighted by Crippen LogP contribution is -2.52. The molecule has 0 radical (unpaired) electrons. The van der Waals surface area contributed by atoms with Gasteiger partial charge in [-0.15, -0.1) is 0 Å². The Morgan fingerprint density at radius 3 is 1.95 bits per heavy atom. The molecule has 0 saturated carbocycles. The maximum atomic E-state index is 12.4. The first-order chi connectivity index (χ1) is 9.02. The van der Waals surface area contributed by atoms with Crippen LogP contribution in [0.5, 0.6) is 0 Å². The maximum absolute atomic E-state index is 12.4. The maximum Gasteiger partial charge on any atom is 0.326 e. The fourth-order valence-corrected chi connectivity index (χ4v) is 1.92. The first kappa shape index (κ1) is 18.4. The quantitative estimate of drug-likeness (QED) is 0.745. The van der Waals surface area contributed by atoms with E-state index in [0.717, 1.165) is 0 Å². The monoisotopic (exact) mass is 287 g/mol. The summed E-state index contributed by atoms with van der Waals surface area (Å²) in [6.07, 6.45) is 0.333. The van der Waals surface area contributed by atoms with E-state index in [2.05, 4.69) is 0 Å². The second-order valence-electron chi connectivity index (χ2n) is 6.06. The highest BCUT2D eigenvalue weighted by molar-refractivity contribution is 5.87. The van der Waals surface area contributed by atoms with Crippen LogP contribution >= 0.6 is 0 Å². The zero-order valence-corrected chi connectivity index (χ0v) is 12.8. The van der Waals surface area contributed by atoms with Crippen molar-refractivity contribution in [3.8, 4) is 0 Å². The molecule has 116 valence electrons. The van der Waals surface area contributed by atoms with E-state index in [1.807, 2.05) is 6.92 Å². The van der Waals surface area contributed by atoms with Gasteiger partial charge in [0.1, 0.15) is 6.04 Å². The fourth-order valence-electron chi connectivity index (χ4n) is 1.92. The first-order valence-electron chi connectivity index (χ1n) is 6.78. The van der Waals surface area contributed by atoms with Crippen LogP contribution in [0.15, 0.2) is 0 Å². The lowest BCUT2D eigenvalue weighted by molar-refractivity contribution is -0.157. The minimum absolute atomic E-state index is 0.0905. The Balaban J connectivity index is 5.40. The lowest BCUT2D eigenvalue weighted by Gasteiger charge is -2.36. The summed E-state index contributed by atoms with van der Waals surface area (Å²) in [5.41, 5.74) is -0.750. The van der Waals surface area contributed by atoms with Crippen LogP contribution in [0.1, 0.15) is 47.5 Å². The zero-order valence-electron chi connectivity index (χ0n) is 12.8. The van der Waals surface area contributed by atoms with Gasteiger partial charge >= 0.3 is 11.9 Å². The Bertz CT molecular complexity index is 372. The number of carbonyl (C=O) groups is 3. The lowest BCUT2D eigenvalue weighted by atomic mass is 9.90. The Morgan fingerprint density at radius 1 is 1.15 bits per heavy atom. The molecule has 6 nitrogen and oxygen atoms in total. The van der Waals surface area contributed by atoms with Crippen molar-refractivity contribution in [1.82, 2.24) is 4.90 Å². The number of carboxylic acid groups (broad SMARTS) is 2. The summed E-state index contributed by atoms with van der Waals surface area (Å²) in [6, 6.07) is -0.994. The van der Waals surface area contributed by atoms with E-state index in [9.17, 15) is 19.5 Å². The third-order valence-electron chi connectivity index (χ3n) is 3.24. The van der Waals surface area contributed by atoms with Crippen molar-refractivity contribution in [3.63, 3.8) is 0 Å². The van der Waals surface area contributed by atoms with Gasteiger partial charge in [-0.05, 0) is 5.92 Å². The summed E-state index contributed by atoms with van der Waals surface area (Å²) in [6.45, 7) is 8.59. The molecule has 0 aromatic carbocycles. The van der Waals surface area contributed by atoms with Crippen molar-refractivity contribution in [3.05, 3.63) is 0 Å². The van der Waals surface area contributed by atoms with Gasteiger partial charge < -0.3 is 15.1 Å². The highest BCUT2D eigenvalue weighted by atomic mass is 16.4. The van der Waals surface area contributed by atoms with Crippen LogP contribution in [0.4, 0.5) is 0 Å². The molecule has 2 atom stereocenters. The van der Waals surface area contributed by atoms with Crippen molar-refractivity contribution in [2.45, 2.75) is 53.5 Å². The Hall–Kier alpha value is -1.59. The van der Waals surface area contributed by atoms with E-state index in [0.29, 0.717) is 6.42 Å². The minimum Gasteiger partial charge on any atom is -0.481 e. The number of nitrogens with zero attached hydrogens (tertiary/aromatic N) is 1. The topological polar surface area (TPSA) is 94.9 Å². The number of carbonyl (C=O) groups excluding carboxylic acids is 1.